The molecule has 1 N–H and O–H groups in total. The Bertz CT molecular complexity index is 375. The van der Waals surface area contributed by atoms with Crippen molar-refractivity contribution in [3.63, 3.8) is 0 Å². The van der Waals surface area contributed by atoms with Gasteiger partial charge in [-0.25, -0.2) is 0 Å². The molecule has 0 radical (unpaired) electrons. The van der Waals surface area contributed by atoms with E-state index in [1.165, 1.54) is 0 Å². The second-order valence-electron chi connectivity index (χ2n) is 7.29. The van der Waals surface area contributed by atoms with Crippen LogP contribution in [0.2, 0.25) is 0 Å². The minimum Gasteiger partial charge on any atom is -0.378 e. The topological polar surface area (TPSA) is 64.6 Å². The average Bonchev–Trinajstić information content (AvgIpc) is 2.48. The molecular weight excluding hydrogens is 294 g/mol. The molecule has 23 heavy (non-hydrogen) atoms. The van der Waals surface area contributed by atoms with Crippen LogP contribution in [0.4, 0.5) is 0 Å². The van der Waals surface area contributed by atoms with Gasteiger partial charge in [0.15, 0.2) is 11.6 Å². The minimum absolute atomic E-state index is 0.119. The Hall–Kier alpha value is -0.780. The van der Waals surface area contributed by atoms with Crippen molar-refractivity contribution >= 4 is 11.6 Å². The van der Waals surface area contributed by atoms with E-state index in [2.05, 4.69) is 5.32 Å². The number of ketones is 2. The van der Waals surface area contributed by atoms with E-state index in [0.717, 1.165) is 0 Å². The lowest BCUT2D eigenvalue weighted by atomic mass is 9.78. The average molecular weight is 329 g/mol. The molecule has 0 aliphatic rings. The summed E-state index contributed by atoms with van der Waals surface area (Å²) in [5.41, 5.74) is -0.869. The summed E-state index contributed by atoms with van der Waals surface area (Å²) in [4.78, 5) is 23.7. The summed E-state index contributed by atoms with van der Waals surface area (Å²) in [5, 5.41) is 3.18. The molecule has 5 heteroatoms. The highest BCUT2D eigenvalue weighted by atomic mass is 16.5. The first kappa shape index (κ1) is 22.2. The van der Waals surface area contributed by atoms with Crippen molar-refractivity contribution < 1.29 is 19.1 Å². The van der Waals surface area contributed by atoms with Gasteiger partial charge in [0.05, 0.1) is 25.4 Å². The summed E-state index contributed by atoms with van der Waals surface area (Å²) in [7, 11) is 0. The predicted octanol–water partition coefficient (Wildman–Crippen LogP) is 2.62. The Morgan fingerprint density at radius 1 is 0.957 bits per heavy atom. The van der Waals surface area contributed by atoms with Gasteiger partial charge in [-0.2, -0.15) is 0 Å². The summed E-state index contributed by atoms with van der Waals surface area (Å²) < 4.78 is 10.8. The third-order valence-electron chi connectivity index (χ3n) is 4.60. The Balaban J connectivity index is 3.72. The lowest BCUT2D eigenvalue weighted by Crippen LogP contribution is -2.47. The fourth-order valence-electron chi connectivity index (χ4n) is 1.87. The van der Waals surface area contributed by atoms with E-state index in [9.17, 15) is 9.59 Å². The van der Waals surface area contributed by atoms with Gasteiger partial charge in [0.25, 0.3) is 0 Å². The Kier molecular flexibility index (Phi) is 9.82. The van der Waals surface area contributed by atoms with Gasteiger partial charge in [0.1, 0.15) is 6.61 Å². The molecular formula is C18H35NO4. The molecule has 0 heterocycles. The van der Waals surface area contributed by atoms with Crippen molar-refractivity contribution in [3.8, 4) is 0 Å². The highest BCUT2D eigenvalue weighted by Crippen LogP contribution is 2.27. The Morgan fingerprint density at radius 2 is 1.52 bits per heavy atom. The number of ether oxygens (including phenoxy) is 2. The van der Waals surface area contributed by atoms with Crippen LogP contribution in [-0.2, 0) is 19.1 Å². The van der Waals surface area contributed by atoms with Crippen LogP contribution in [0.5, 0.6) is 0 Å². The van der Waals surface area contributed by atoms with Gasteiger partial charge in [0, 0.05) is 18.4 Å². The Morgan fingerprint density at radius 3 is 2.04 bits per heavy atom. The second-order valence-corrected chi connectivity index (χ2v) is 7.29. The molecule has 0 saturated carbocycles. The van der Waals surface area contributed by atoms with Gasteiger partial charge in [-0.15, -0.1) is 0 Å². The highest BCUT2D eigenvalue weighted by molar-refractivity contribution is 5.87. The van der Waals surface area contributed by atoms with E-state index >= 15 is 0 Å². The fourth-order valence-corrected chi connectivity index (χ4v) is 1.87. The van der Waals surface area contributed by atoms with Crippen molar-refractivity contribution in [2.45, 2.75) is 60.4 Å². The van der Waals surface area contributed by atoms with Crippen LogP contribution in [0.25, 0.3) is 0 Å². The van der Waals surface area contributed by atoms with Crippen LogP contribution in [0, 0.1) is 11.3 Å². The molecule has 0 aliphatic heterocycles. The minimum atomic E-state index is -0.510. The number of carbonyl (C=O) groups excluding carboxylic acids is 2. The van der Waals surface area contributed by atoms with Gasteiger partial charge in [-0.3, -0.25) is 9.59 Å². The summed E-state index contributed by atoms with van der Waals surface area (Å²) in [5.74, 6) is 0.594. The molecule has 0 fully saturated rings. The molecule has 5 nitrogen and oxygen atoms in total. The molecule has 0 saturated heterocycles. The van der Waals surface area contributed by atoms with E-state index in [0.29, 0.717) is 32.8 Å². The predicted molar refractivity (Wildman–Crippen MR) is 92.6 cm³/mol. The third-order valence-corrected chi connectivity index (χ3v) is 4.60. The van der Waals surface area contributed by atoms with E-state index in [-0.39, 0.29) is 29.5 Å². The van der Waals surface area contributed by atoms with Crippen molar-refractivity contribution in [3.05, 3.63) is 0 Å². The van der Waals surface area contributed by atoms with Crippen LogP contribution >= 0.6 is 0 Å². The molecule has 0 spiro atoms. The quantitative estimate of drug-likeness (QED) is 0.526. The summed E-state index contributed by atoms with van der Waals surface area (Å²) in [6, 6.07) is 0. The maximum atomic E-state index is 12.0. The SMILES string of the molecule is CCC(=O)C(C)(C)NCCOCCOCC(=O)C(C)(C)C(C)C. The smallest absolute Gasteiger partial charge is 0.164 e. The zero-order valence-electron chi connectivity index (χ0n) is 16.0. The zero-order valence-corrected chi connectivity index (χ0v) is 16.0. The highest BCUT2D eigenvalue weighted by Gasteiger charge is 2.30. The molecule has 0 amide bonds. The molecule has 0 rings (SSSR count). The van der Waals surface area contributed by atoms with Gasteiger partial charge >= 0.3 is 0 Å². The van der Waals surface area contributed by atoms with Crippen LogP contribution in [0.1, 0.15) is 54.9 Å². The lowest BCUT2D eigenvalue weighted by molar-refractivity contribution is -0.134. The number of hydrogen-bond donors (Lipinski definition) is 1. The molecule has 0 aromatic rings. The van der Waals surface area contributed by atoms with Crippen LogP contribution in [0.3, 0.4) is 0 Å². The molecule has 0 aliphatic carbocycles. The summed E-state index contributed by atoms with van der Waals surface area (Å²) in [6.45, 7) is 15.7. The van der Waals surface area contributed by atoms with Gasteiger partial charge in [-0.05, 0) is 19.8 Å². The fraction of sp³-hybridized carbons (Fsp3) is 0.889. The van der Waals surface area contributed by atoms with Crippen molar-refractivity contribution in [2.24, 2.45) is 11.3 Å². The first-order valence-corrected chi connectivity index (χ1v) is 8.52. The van der Waals surface area contributed by atoms with Crippen LogP contribution < -0.4 is 5.32 Å². The Labute approximate surface area is 141 Å². The maximum Gasteiger partial charge on any atom is 0.164 e. The van der Waals surface area contributed by atoms with E-state index in [1.807, 2.05) is 48.5 Å². The number of Topliss-reactive ketones (excluding diaryl/α,β-unsaturated/α-hetero) is 2. The molecule has 136 valence electrons. The van der Waals surface area contributed by atoms with E-state index in [1.54, 1.807) is 0 Å². The molecule has 0 aromatic carbocycles. The first-order chi connectivity index (χ1) is 10.6. The number of hydrogen-bond acceptors (Lipinski definition) is 5. The summed E-state index contributed by atoms with van der Waals surface area (Å²) in [6.07, 6.45) is 0.523. The zero-order chi connectivity index (χ0) is 18.1. The standard InChI is InChI=1S/C18H35NO4/c1-8-15(20)18(6,7)19-9-10-22-11-12-23-13-16(21)17(4,5)14(2)3/h14,19H,8-13H2,1-7H3. The van der Waals surface area contributed by atoms with E-state index < -0.39 is 5.54 Å². The van der Waals surface area contributed by atoms with Gasteiger partial charge in [0.2, 0.25) is 0 Å². The molecule has 0 atom stereocenters. The van der Waals surface area contributed by atoms with Crippen LogP contribution in [0.15, 0.2) is 0 Å². The number of carbonyl (C=O) groups is 2. The molecule has 0 unspecified atom stereocenters. The van der Waals surface area contributed by atoms with Crippen LogP contribution in [-0.4, -0.2) is 50.1 Å². The second kappa shape index (κ2) is 10.2. The van der Waals surface area contributed by atoms with E-state index in [4.69, 9.17) is 9.47 Å². The van der Waals surface area contributed by atoms with Crippen molar-refractivity contribution in [1.82, 2.24) is 5.32 Å². The van der Waals surface area contributed by atoms with Gasteiger partial charge < -0.3 is 14.8 Å². The maximum absolute atomic E-state index is 12.0. The number of rotatable bonds is 13. The summed E-state index contributed by atoms with van der Waals surface area (Å²) >= 11 is 0. The van der Waals surface area contributed by atoms with Gasteiger partial charge in [-0.1, -0.05) is 34.6 Å². The first-order valence-electron chi connectivity index (χ1n) is 8.52. The molecule has 0 aromatic heterocycles. The molecule has 0 bridgehead atoms. The third kappa shape index (κ3) is 8.04. The largest absolute Gasteiger partial charge is 0.378 e. The van der Waals surface area contributed by atoms with Crippen molar-refractivity contribution in [2.75, 3.05) is 33.0 Å². The monoisotopic (exact) mass is 329 g/mol. The normalized spacial score (nSPS) is 12.7. The number of nitrogens with one attached hydrogen (secondary N) is 1. The lowest BCUT2D eigenvalue weighted by Gasteiger charge is -2.27. The van der Waals surface area contributed by atoms with Crippen molar-refractivity contribution in [1.29, 1.82) is 0 Å².